The Balaban J connectivity index is 0.00000342. The van der Waals surface area contributed by atoms with Gasteiger partial charge >= 0.3 is 0 Å². The molecule has 0 bridgehead atoms. The van der Waals surface area contributed by atoms with Crippen molar-refractivity contribution in [3.8, 4) is 12.3 Å². The zero-order valence-electron chi connectivity index (χ0n) is 19.6. The maximum absolute atomic E-state index is 10.1. The minimum Gasteiger partial charge on any atom is -0.394 e. The van der Waals surface area contributed by atoms with Gasteiger partial charge in [-0.2, -0.15) is 0 Å². The molecule has 0 amide bonds. The maximum atomic E-state index is 10.1. The summed E-state index contributed by atoms with van der Waals surface area (Å²) in [6.45, 7) is 0.821. The molecule has 4 rings (SSSR count). The molecular weight excluding hydrogens is 517 g/mol. The predicted octanol–water partition coefficient (Wildman–Crippen LogP) is 4.13. The summed E-state index contributed by atoms with van der Waals surface area (Å²) in [5, 5.41) is 10.1. The molecule has 0 aliphatic carbocycles. The van der Waals surface area contributed by atoms with Gasteiger partial charge in [-0.05, 0) is 16.7 Å². The summed E-state index contributed by atoms with van der Waals surface area (Å²) in [7, 11) is 0. The number of terminal acetylenes is 1. The molecule has 3 aromatic carbocycles. The number of aliphatic hydroxyl groups is 1. The first-order chi connectivity index (χ1) is 16.8. The van der Waals surface area contributed by atoms with Crippen LogP contribution in [0.25, 0.3) is 0 Å². The van der Waals surface area contributed by atoms with E-state index in [0.29, 0.717) is 19.8 Å². The molecule has 1 aliphatic heterocycles. The van der Waals surface area contributed by atoms with Crippen LogP contribution < -0.4 is 0 Å². The Morgan fingerprint density at radius 2 is 1.06 bits per heavy atom. The second kappa shape index (κ2) is 14.6. The minimum absolute atomic E-state index is 0. The third kappa shape index (κ3) is 7.80. The van der Waals surface area contributed by atoms with Crippen molar-refractivity contribution in [1.29, 1.82) is 0 Å². The number of hydrogen-bond acceptors (Lipinski definition) is 5. The van der Waals surface area contributed by atoms with E-state index in [1.54, 1.807) is 0 Å². The van der Waals surface area contributed by atoms with Gasteiger partial charge in [-0.1, -0.05) is 96.9 Å². The van der Waals surface area contributed by atoms with E-state index in [9.17, 15) is 5.11 Å². The van der Waals surface area contributed by atoms with E-state index in [0.717, 1.165) is 16.7 Å². The van der Waals surface area contributed by atoms with Gasteiger partial charge in [-0.15, -0.1) is 6.42 Å². The molecule has 6 heteroatoms. The first kappa shape index (κ1) is 27.7. The summed E-state index contributed by atoms with van der Waals surface area (Å²) < 4.78 is 25.0. The van der Waals surface area contributed by atoms with Crippen molar-refractivity contribution in [3.05, 3.63) is 108 Å². The summed E-state index contributed by atoms with van der Waals surface area (Å²) in [5.41, 5.74) is 3.06. The van der Waals surface area contributed by atoms with Crippen LogP contribution in [0.5, 0.6) is 0 Å². The van der Waals surface area contributed by atoms with Gasteiger partial charge in [-0.25, -0.2) is 0 Å². The summed E-state index contributed by atoms with van der Waals surface area (Å²) in [4.78, 5) is 0. The number of ether oxygens (including phenoxy) is 4. The second-order valence-electron chi connectivity index (χ2n) is 8.23. The quantitative estimate of drug-likeness (QED) is 0.387. The number of benzene rings is 3. The van der Waals surface area contributed by atoms with Crippen molar-refractivity contribution in [1.82, 2.24) is 0 Å². The molecule has 0 saturated carbocycles. The molecule has 0 aromatic heterocycles. The van der Waals surface area contributed by atoms with E-state index < -0.39 is 30.5 Å². The molecule has 5 atom stereocenters. The van der Waals surface area contributed by atoms with Gasteiger partial charge in [0.2, 0.25) is 0 Å². The van der Waals surface area contributed by atoms with E-state index >= 15 is 0 Å². The van der Waals surface area contributed by atoms with Gasteiger partial charge in [0.15, 0.2) is 0 Å². The first-order valence-corrected chi connectivity index (χ1v) is 11.5. The fourth-order valence-electron chi connectivity index (χ4n) is 4.07. The van der Waals surface area contributed by atoms with Crippen molar-refractivity contribution < 1.29 is 56.8 Å². The third-order valence-electron chi connectivity index (χ3n) is 5.83. The fourth-order valence-corrected chi connectivity index (χ4v) is 4.07. The van der Waals surface area contributed by atoms with Crippen LogP contribution in [0, 0.1) is 12.3 Å². The Labute approximate surface area is 232 Å². The smallest absolute Gasteiger partial charge is 0.147 e. The molecule has 1 N–H and O–H groups in total. The molecule has 1 saturated heterocycles. The van der Waals surface area contributed by atoms with Crippen molar-refractivity contribution >= 4 is 0 Å². The molecule has 179 valence electrons. The zero-order valence-corrected chi connectivity index (χ0v) is 22.4. The van der Waals surface area contributed by atoms with Crippen molar-refractivity contribution in [2.75, 3.05) is 6.61 Å². The SMILES string of the molecule is C#C[C@@H]1OC(CO)[C@H](OCc2ccccc2)[C@H](OCc2ccccc2)C1OCc1ccccc1.[Y]. The predicted molar refractivity (Wildman–Crippen MR) is 130 cm³/mol. The summed E-state index contributed by atoms with van der Waals surface area (Å²) >= 11 is 0. The molecule has 3 aromatic rings. The first-order valence-electron chi connectivity index (χ1n) is 11.5. The average Bonchev–Trinajstić information content (AvgIpc) is 2.91. The van der Waals surface area contributed by atoms with E-state index in [2.05, 4.69) is 5.92 Å². The second-order valence-corrected chi connectivity index (χ2v) is 8.23. The van der Waals surface area contributed by atoms with E-state index in [4.69, 9.17) is 25.4 Å². The van der Waals surface area contributed by atoms with Crippen LogP contribution in [-0.4, -0.2) is 42.2 Å². The third-order valence-corrected chi connectivity index (χ3v) is 5.83. The van der Waals surface area contributed by atoms with Crippen LogP contribution in [0.4, 0.5) is 0 Å². The standard InChI is InChI=1S/C29H30O5.Y/c1-2-25-27(31-19-22-12-6-3-7-13-22)29(33-21-24-16-10-5-11-17-24)28(26(18-30)34-25)32-20-23-14-8-4-9-15-23;/h1,3-17,25-30H,18-21H2;/t25-,26?,27?,28-,29+;/m0./s1. The van der Waals surface area contributed by atoms with Gasteiger partial charge in [0.25, 0.3) is 0 Å². The molecule has 1 radical (unpaired) electrons. The van der Waals surface area contributed by atoms with E-state index in [1.165, 1.54) is 0 Å². The number of hydrogen-bond donors (Lipinski definition) is 1. The van der Waals surface area contributed by atoms with Gasteiger partial charge in [0.1, 0.15) is 30.5 Å². The van der Waals surface area contributed by atoms with Crippen LogP contribution in [0.1, 0.15) is 16.7 Å². The van der Waals surface area contributed by atoms with E-state index in [-0.39, 0.29) is 39.3 Å². The average molecular weight is 547 g/mol. The van der Waals surface area contributed by atoms with Gasteiger partial charge in [0, 0.05) is 32.7 Å². The number of rotatable bonds is 10. The van der Waals surface area contributed by atoms with E-state index in [1.807, 2.05) is 91.0 Å². The molecule has 35 heavy (non-hydrogen) atoms. The molecular formula is C29H30O5Y. The van der Waals surface area contributed by atoms with Crippen LogP contribution in [-0.2, 0) is 71.5 Å². The molecule has 0 spiro atoms. The Morgan fingerprint density at radius 1 is 0.657 bits per heavy atom. The van der Waals surface area contributed by atoms with Crippen LogP contribution >= 0.6 is 0 Å². The Bertz CT molecular complexity index is 1030. The van der Waals surface area contributed by atoms with Crippen molar-refractivity contribution in [3.63, 3.8) is 0 Å². The normalized spacial score (nSPS) is 23.7. The Kier molecular flexibility index (Phi) is 11.6. The fraction of sp³-hybridized carbons (Fsp3) is 0.310. The van der Waals surface area contributed by atoms with Crippen molar-refractivity contribution in [2.24, 2.45) is 0 Å². The summed E-state index contributed by atoms with van der Waals surface area (Å²) in [6.07, 6.45) is 2.82. The molecule has 1 heterocycles. The topological polar surface area (TPSA) is 57.2 Å². The minimum atomic E-state index is -0.682. The van der Waals surface area contributed by atoms with Crippen molar-refractivity contribution in [2.45, 2.75) is 50.3 Å². The van der Waals surface area contributed by atoms with Crippen LogP contribution in [0.2, 0.25) is 0 Å². The monoisotopic (exact) mass is 547 g/mol. The van der Waals surface area contributed by atoms with Gasteiger partial charge in [0.05, 0.1) is 26.4 Å². The van der Waals surface area contributed by atoms with Gasteiger partial charge in [-0.3, -0.25) is 0 Å². The van der Waals surface area contributed by atoms with Crippen LogP contribution in [0.3, 0.4) is 0 Å². The zero-order chi connectivity index (χ0) is 23.6. The molecule has 1 aliphatic rings. The summed E-state index contributed by atoms with van der Waals surface area (Å²) in [5.74, 6) is 2.68. The van der Waals surface area contributed by atoms with Gasteiger partial charge < -0.3 is 24.1 Å². The largest absolute Gasteiger partial charge is 0.394 e. The molecule has 5 nitrogen and oxygen atoms in total. The number of aliphatic hydroxyl groups excluding tert-OH is 1. The Morgan fingerprint density at radius 3 is 1.46 bits per heavy atom. The molecule has 1 fully saturated rings. The maximum Gasteiger partial charge on any atom is 0.147 e. The molecule has 2 unspecified atom stereocenters. The van der Waals surface area contributed by atoms with Crippen LogP contribution in [0.15, 0.2) is 91.0 Å². The Hall–Kier alpha value is -1.88. The summed E-state index contributed by atoms with van der Waals surface area (Å²) in [6, 6.07) is 29.6.